The minimum absolute atomic E-state index is 0.0450. The molecule has 0 aliphatic rings. The maximum Gasteiger partial charge on any atom is 0.272 e. The summed E-state index contributed by atoms with van der Waals surface area (Å²) in [5.41, 5.74) is 1.42. The van der Waals surface area contributed by atoms with Gasteiger partial charge in [0.1, 0.15) is 27.9 Å². The number of nitrogens with zero attached hydrogens (tertiary/aromatic N) is 1. The number of aromatic amines is 3. The molecule has 9 heteroatoms. The number of aromatic nitrogens is 4. The predicted octanol–water partition coefficient (Wildman–Crippen LogP) is 0.503. The molecule has 3 aromatic rings. The number of hydrogen-bond donors (Lipinski definition) is 3. The number of hydrogen-bond acceptors (Lipinski definition) is 6. The van der Waals surface area contributed by atoms with E-state index in [2.05, 4.69) is 26.5 Å². The van der Waals surface area contributed by atoms with Crippen LogP contribution in [0.1, 0.15) is 23.9 Å². The zero-order valence-electron chi connectivity index (χ0n) is 17.1. The van der Waals surface area contributed by atoms with E-state index in [0.29, 0.717) is 34.2 Å². The van der Waals surface area contributed by atoms with Crippen molar-refractivity contribution in [2.75, 3.05) is 21.3 Å². The number of methoxy groups -OCH3 is 3. The number of H-pyrrole nitrogens is 3. The predicted molar refractivity (Wildman–Crippen MR) is 113 cm³/mol. The molecule has 0 spiro atoms. The molecular weight excluding hydrogens is 388 g/mol. The van der Waals surface area contributed by atoms with Crippen molar-refractivity contribution in [2.24, 2.45) is 0 Å². The fraction of sp³-hybridized carbons (Fsp3) is 0.190. The lowest BCUT2D eigenvalue weighted by Gasteiger charge is -2.12. The van der Waals surface area contributed by atoms with E-state index in [0.717, 1.165) is 5.57 Å². The second-order valence-corrected chi connectivity index (χ2v) is 6.42. The summed E-state index contributed by atoms with van der Waals surface area (Å²) in [4.78, 5) is 37.5. The first kappa shape index (κ1) is 20.7. The van der Waals surface area contributed by atoms with Gasteiger partial charge in [-0.05, 0) is 24.6 Å². The Morgan fingerprint density at radius 1 is 0.967 bits per heavy atom. The first-order chi connectivity index (χ1) is 14.4. The first-order valence-corrected chi connectivity index (χ1v) is 8.93. The van der Waals surface area contributed by atoms with E-state index < -0.39 is 11.1 Å². The summed E-state index contributed by atoms with van der Waals surface area (Å²) < 4.78 is 16.0. The van der Waals surface area contributed by atoms with Gasteiger partial charge >= 0.3 is 0 Å². The fourth-order valence-electron chi connectivity index (χ4n) is 2.91. The Bertz CT molecular complexity index is 1310. The highest BCUT2D eigenvalue weighted by Gasteiger charge is 2.12. The average Bonchev–Trinajstić information content (AvgIpc) is 3.20. The van der Waals surface area contributed by atoms with E-state index in [-0.39, 0.29) is 10.7 Å². The molecule has 9 nitrogen and oxygen atoms in total. The van der Waals surface area contributed by atoms with Crippen LogP contribution in [0.5, 0.6) is 17.2 Å². The molecule has 1 aromatic carbocycles. The van der Waals surface area contributed by atoms with Gasteiger partial charge in [0.15, 0.2) is 0 Å². The number of allylic oxidation sites excluding steroid dienone is 1. The second-order valence-electron chi connectivity index (χ2n) is 6.42. The van der Waals surface area contributed by atoms with E-state index >= 15 is 0 Å². The van der Waals surface area contributed by atoms with Crippen LogP contribution in [0, 0.1) is 0 Å². The molecular formula is C21H22N4O5. The van der Waals surface area contributed by atoms with Crippen molar-refractivity contribution in [3.8, 4) is 17.2 Å². The first-order valence-electron chi connectivity index (χ1n) is 8.93. The molecule has 0 aliphatic carbocycles. The summed E-state index contributed by atoms with van der Waals surface area (Å²) in [6.07, 6.45) is 4.48. The van der Waals surface area contributed by atoms with Crippen LogP contribution >= 0.6 is 0 Å². The van der Waals surface area contributed by atoms with Crippen molar-refractivity contribution in [2.45, 2.75) is 6.92 Å². The van der Waals surface area contributed by atoms with Gasteiger partial charge in [0, 0.05) is 12.1 Å². The third kappa shape index (κ3) is 4.04. The molecule has 3 rings (SSSR count). The fourth-order valence-corrected chi connectivity index (χ4v) is 2.91. The number of imidazole rings is 1. The molecule has 0 aliphatic heterocycles. The third-order valence-corrected chi connectivity index (χ3v) is 4.39. The normalized spacial score (nSPS) is 12.1. The van der Waals surface area contributed by atoms with Crippen LogP contribution in [0.15, 0.2) is 34.6 Å². The molecule has 0 unspecified atom stereocenters. The largest absolute Gasteiger partial charge is 0.496 e. The third-order valence-electron chi connectivity index (χ3n) is 4.39. The summed E-state index contributed by atoms with van der Waals surface area (Å²) in [7, 11) is 4.49. The molecule has 0 fully saturated rings. The lowest BCUT2D eigenvalue weighted by molar-refractivity contribution is 0.374. The van der Waals surface area contributed by atoms with Crippen molar-refractivity contribution in [1.29, 1.82) is 0 Å². The summed E-state index contributed by atoms with van der Waals surface area (Å²) in [5.74, 6) is 1.37. The molecule has 156 valence electrons. The van der Waals surface area contributed by atoms with E-state index in [4.69, 9.17) is 14.2 Å². The van der Waals surface area contributed by atoms with Crippen LogP contribution in [-0.4, -0.2) is 41.3 Å². The monoisotopic (exact) mass is 410 g/mol. The molecule has 2 heterocycles. The van der Waals surface area contributed by atoms with Gasteiger partial charge in [-0.1, -0.05) is 6.58 Å². The van der Waals surface area contributed by atoms with Crippen LogP contribution in [0.4, 0.5) is 0 Å². The van der Waals surface area contributed by atoms with Gasteiger partial charge in [0.2, 0.25) is 0 Å². The lowest BCUT2D eigenvalue weighted by atomic mass is 10.1. The summed E-state index contributed by atoms with van der Waals surface area (Å²) in [6.45, 7) is 5.65. The van der Waals surface area contributed by atoms with Gasteiger partial charge in [-0.15, -0.1) is 0 Å². The average molecular weight is 410 g/mol. The lowest BCUT2D eigenvalue weighted by Crippen LogP contribution is -2.46. The summed E-state index contributed by atoms with van der Waals surface area (Å²) in [6, 6.07) is 3.31. The Balaban J connectivity index is 2.20. The Kier molecular flexibility index (Phi) is 5.91. The number of benzene rings is 1. The molecule has 0 amide bonds. The number of nitrogens with one attached hydrogen (secondary N) is 3. The zero-order valence-corrected chi connectivity index (χ0v) is 17.1. The Morgan fingerprint density at radius 2 is 1.53 bits per heavy atom. The molecule has 0 saturated heterocycles. The van der Waals surface area contributed by atoms with Gasteiger partial charge in [-0.3, -0.25) is 9.59 Å². The van der Waals surface area contributed by atoms with E-state index in [1.54, 1.807) is 19.1 Å². The van der Waals surface area contributed by atoms with Crippen molar-refractivity contribution < 1.29 is 14.2 Å². The van der Waals surface area contributed by atoms with Crippen molar-refractivity contribution in [1.82, 2.24) is 19.9 Å². The SMILES string of the molecule is C=C(C)c1nc[nH]c1/C=c1\[nH]c(=O)/c(=C/c2c(OC)cc(OC)cc2OC)[nH]c1=O. The number of ether oxygens (including phenoxy) is 3. The zero-order chi connectivity index (χ0) is 21.8. The van der Waals surface area contributed by atoms with Gasteiger partial charge in [0.05, 0.1) is 44.6 Å². The highest BCUT2D eigenvalue weighted by molar-refractivity contribution is 5.67. The summed E-state index contributed by atoms with van der Waals surface area (Å²) in [5, 5.41) is 0.126. The smallest absolute Gasteiger partial charge is 0.272 e. The molecule has 0 saturated carbocycles. The van der Waals surface area contributed by atoms with E-state index in [9.17, 15) is 9.59 Å². The Morgan fingerprint density at radius 3 is 2.03 bits per heavy atom. The van der Waals surface area contributed by atoms with Crippen molar-refractivity contribution in [3.05, 3.63) is 73.4 Å². The van der Waals surface area contributed by atoms with Crippen molar-refractivity contribution in [3.63, 3.8) is 0 Å². The molecule has 0 radical (unpaired) electrons. The number of rotatable bonds is 6. The second kappa shape index (κ2) is 8.56. The molecule has 30 heavy (non-hydrogen) atoms. The topological polar surface area (TPSA) is 122 Å². The van der Waals surface area contributed by atoms with Crippen LogP contribution in [0.3, 0.4) is 0 Å². The van der Waals surface area contributed by atoms with E-state index in [1.807, 2.05) is 0 Å². The van der Waals surface area contributed by atoms with Crippen LogP contribution < -0.4 is 36.0 Å². The highest BCUT2D eigenvalue weighted by Crippen LogP contribution is 2.34. The van der Waals surface area contributed by atoms with Crippen LogP contribution in [-0.2, 0) is 0 Å². The molecule has 0 atom stereocenters. The van der Waals surface area contributed by atoms with Gasteiger partial charge in [-0.2, -0.15) is 0 Å². The van der Waals surface area contributed by atoms with Crippen LogP contribution in [0.2, 0.25) is 0 Å². The minimum Gasteiger partial charge on any atom is -0.496 e. The molecule has 3 N–H and O–H groups in total. The minimum atomic E-state index is -0.489. The van der Waals surface area contributed by atoms with Gasteiger partial charge in [0.25, 0.3) is 11.1 Å². The van der Waals surface area contributed by atoms with Gasteiger partial charge in [-0.25, -0.2) is 4.98 Å². The maximum absolute atomic E-state index is 12.6. The highest BCUT2D eigenvalue weighted by atomic mass is 16.5. The Labute approximate surface area is 171 Å². The standard InChI is InChI=1S/C21H22N4O5/c1-11(2)19-14(22-10-23-19)9-16-21(27)24-15(20(26)25-16)8-13-17(29-4)6-12(28-3)7-18(13)30-5/h6-10H,1H2,2-5H3,(H,22,23)(H,24,27)(H,25,26)/b15-8-,16-9-. The summed E-state index contributed by atoms with van der Waals surface area (Å²) >= 11 is 0. The van der Waals surface area contributed by atoms with Crippen molar-refractivity contribution >= 4 is 17.7 Å². The van der Waals surface area contributed by atoms with Gasteiger partial charge < -0.3 is 29.2 Å². The molecule has 2 aromatic heterocycles. The molecule has 0 bridgehead atoms. The Hall–Kier alpha value is -4.01. The van der Waals surface area contributed by atoms with Crippen LogP contribution in [0.25, 0.3) is 17.7 Å². The quantitative estimate of drug-likeness (QED) is 0.544. The maximum atomic E-state index is 12.6. The van der Waals surface area contributed by atoms with E-state index in [1.165, 1.54) is 39.8 Å².